The molecule has 0 atom stereocenters. The van der Waals surface area contributed by atoms with Crippen LogP contribution in [0.3, 0.4) is 0 Å². The van der Waals surface area contributed by atoms with Crippen molar-refractivity contribution in [3.63, 3.8) is 0 Å². The van der Waals surface area contributed by atoms with Crippen LogP contribution in [0.4, 0.5) is 18.9 Å². The Kier molecular flexibility index (Phi) is 5.44. The zero-order valence-electron chi connectivity index (χ0n) is 19.7. The third-order valence-electron chi connectivity index (χ3n) is 7.00. The van der Waals surface area contributed by atoms with Crippen molar-refractivity contribution in [3.8, 4) is 17.2 Å². The summed E-state index contributed by atoms with van der Waals surface area (Å²) in [5, 5.41) is 4.02. The fourth-order valence-corrected chi connectivity index (χ4v) is 4.91. The van der Waals surface area contributed by atoms with Gasteiger partial charge in [-0.15, -0.1) is 0 Å². The summed E-state index contributed by atoms with van der Waals surface area (Å²) in [5.41, 5.74) is 1.35. The summed E-state index contributed by atoms with van der Waals surface area (Å²) in [7, 11) is 1.64. The highest BCUT2D eigenvalue weighted by atomic mass is 19.4. The molecule has 1 aromatic heterocycles. The number of aromatic nitrogens is 2. The number of ether oxygens (including phenoxy) is 2. The summed E-state index contributed by atoms with van der Waals surface area (Å²) in [6, 6.07) is 11.8. The topological polar surface area (TPSA) is 59.8 Å². The lowest BCUT2D eigenvalue weighted by molar-refractivity contribution is -0.142. The third-order valence-corrected chi connectivity index (χ3v) is 7.00. The van der Waals surface area contributed by atoms with Crippen molar-refractivity contribution in [2.75, 3.05) is 31.8 Å². The summed E-state index contributed by atoms with van der Waals surface area (Å²) in [6.45, 7) is 1.90. The molecule has 0 bridgehead atoms. The monoisotopic (exact) mass is 498 g/mol. The highest BCUT2D eigenvalue weighted by Crippen LogP contribution is 2.38. The lowest BCUT2D eigenvalue weighted by atomic mass is 10.0. The average molecular weight is 499 g/mol. The maximum atomic E-state index is 13.9. The van der Waals surface area contributed by atoms with Crippen LogP contribution in [0, 0.1) is 5.92 Å². The number of benzene rings is 2. The Morgan fingerprint density at radius 3 is 2.72 bits per heavy atom. The van der Waals surface area contributed by atoms with E-state index in [9.17, 15) is 18.0 Å². The molecule has 2 aliphatic heterocycles. The van der Waals surface area contributed by atoms with Crippen molar-refractivity contribution in [1.29, 1.82) is 0 Å². The van der Waals surface area contributed by atoms with E-state index < -0.39 is 11.9 Å². The first-order chi connectivity index (χ1) is 17.3. The van der Waals surface area contributed by atoms with Gasteiger partial charge < -0.3 is 14.4 Å². The number of rotatable bonds is 5. The van der Waals surface area contributed by atoms with E-state index >= 15 is 0 Å². The van der Waals surface area contributed by atoms with Gasteiger partial charge in [0.25, 0.3) is 5.91 Å². The molecule has 1 amide bonds. The van der Waals surface area contributed by atoms with Crippen molar-refractivity contribution in [2.24, 2.45) is 5.92 Å². The first-order valence-electron chi connectivity index (χ1n) is 12.0. The maximum absolute atomic E-state index is 13.9. The normalized spacial score (nSPS) is 17.2. The zero-order chi connectivity index (χ0) is 25.0. The lowest BCUT2D eigenvalue weighted by Crippen LogP contribution is -2.33. The second-order valence-electron chi connectivity index (χ2n) is 9.56. The van der Waals surface area contributed by atoms with Gasteiger partial charge in [-0.2, -0.15) is 18.3 Å². The summed E-state index contributed by atoms with van der Waals surface area (Å²) in [4.78, 5) is 16.8. The summed E-state index contributed by atoms with van der Waals surface area (Å²) in [5.74, 6) is 1.46. The highest BCUT2D eigenvalue weighted by Gasteiger charge is 2.41. The molecular formula is C26H25F3N4O3. The van der Waals surface area contributed by atoms with Gasteiger partial charge in [0.2, 0.25) is 6.79 Å². The Morgan fingerprint density at radius 2 is 1.94 bits per heavy atom. The Labute approximate surface area is 206 Å². The van der Waals surface area contributed by atoms with E-state index in [0.29, 0.717) is 53.0 Å². The molecule has 10 heteroatoms. The predicted molar refractivity (Wildman–Crippen MR) is 126 cm³/mol. The fraction of sp³-hybridized carbons (Fsp3) is 0.385. The number of fused-ring (bicyclic) bond motifs is 2. The number of halogens is 3. The molecule has 0 N–H and O–H groups in total. The number of hydrogen-bond acceptors (Lipinski definition) is 5. The standard InChI is InChI=1S/C26H25F3N4O3/c1-31(18-7-8-22-23(12-18)36-15-35-22)25(34)17-3-2-4-19(11-17)33-21-9-10-32(13-16-5-6-16)14-20(21)24(30-33)26(27,28)29/h2-4,7-8,11-12,16H,5-6,9-10,13-15H2,1H3. The Balaban J connectivity index is 1.31. The van der Waals surface area contributed by atoms with E-state index in [1.165, 1.54) is 9.58 Å². The number of carbonyl (C=O) groups is 1. The van der Waals surface area contributed by atoms with E-state index in [0.717, 1.165) is 19.4 Å². The summed E-state index contributed by atoms with van der Waals surface area (Å²) >= 11 is 0. The second kappa shape index (κ2) is 8.55. The van der Waals surface area contributed by atoms with Gasteiger partial charge >= 0.3 is 6.18 Å². The molecule has 188 valence electrons. The molecule has 1 saturated carbocycles. The van der Waals surface area contributed by atoms with Gasteiger partial charge in [-0.1, -0.05) is 6.07 Å². The lowest BCUT2D eigenvalue weighted by Gasteiger charge is -2.28. The molecule has 3 aliphatic rings. The van der Waals surface area contributed by atoms with Crippen molar-refractivity contribution in [2.45, 2.75) is 32.0 Å². The van der Waals surface area contributed by atoms with E-state index in [2.05, 4.69) is 10.00 Å². The third kappa shape index (κ3) is 4.19. The SMILES string of the molecule is CN(C(=O)c1cccc(-n2nc(C(F)(F)F)c3c2CCN(CC2CC2)C3)c1)c1ccc2c(c1)OCO2. The fourth-order valence-electron chi connectivity index (χ4n) is 4.91. The van der Waals surface area contributed by atoms with Crippen LogP contribution in [0.25, 0.3) is 5.69 Å². The average Bonchev–Trinajstić information content (AvgIpc) is 3.40. The van der Waals surface area contributed by atoms with Gasteiger partial charge in [0, 0.05) is 56.0 Å². The van der Waals surface area contributed by atoms with Gasteiger partial charge in [-0.25, -0.2) is 4.68 Å². The molecule has 7 nitrogen and oxygen atoms in total. The Hall–Kier alpha value is -3.53. The minimum Gasteiger partial charge on any atom is -0.454 e. The van der Waals surface area contributed by atoms with Crippen LogP contribution in [-0.4, -0.2) is 47.5 Å². The number of amides is 1. The molecule has 36 heavy (non-hydrogen) atoms. The van der Waals surface area contributed by atoms with E-state index in [1.54, 1.807) is 49.5 Å². The van der Waals surface area contributed by atoms with Gasteiger partial charge in [-0.3, -0.25) is 9.69 Å². The molecule has 2 aromatic carbocycles. The predicted octanol–water partition coefficient (Wildman–Crippen LogP) is 4.66. The van der Waals surface area contributed by atoms with E-state index in [-0.39, 0.29) is 24.8 Å². The first kappa shape index (κ1) is 22.9. The minimum absolute atomic E-state index is 0.130. The number of alkyl halides is 3. The van der Waals surface area contributed by atoms with Crippen LogP contribution in [-0.2, 0) is 19.1 Å². The van der Waals surface area contributed by atoms with Crippen LogP contribution in [0.5, 0.6) is 11.5 Å². The molecule has 3 aromatic rings. The Morgan fingerprint density at radius 1 is 1.14 bits per heavy atom. The van der Waals surface area contributed by atoms with E-state index in [1.807, 2.05) is 0 Å². The molecule has 0 unspecified atom stereocenters. The molecule has 0 radical (unpaired) electrons. The molecule has 1 aliphatic carbocycles. The molecule has 6 rings (SSSR count). The largest absolute Gasteiger partial charge is 0.454 e. The van der Waals surface area contributed by atoms with Crippen LogP contribution in [0.1, 0.15) is 40.2 Å². The highest BCUT2D eigenvalue weighted by molar-refractivity contribution is 6.06. The van der Waals surface area contributed by atoms with Gasteiger partial charge in [0.1, 0.15) is 0 Å². The quantitative estimate of drug-likeness (QED) is 0.512. The number of nitrogens with zero attached hydrogens (tertiary/aromatic N) is 4. The van der Waals surface area contributed by atoms with Crippen LogP contribution < -0.4 is 14.4 Å². The Bertz CT molecular complexity index is 1330. The molecule has 1 fully saturated rings. The van der Waals surface area contributed by atoms with Crippen molar-refractivity contribution < 1.29 is 27.4 Å². The molecule has 0 saturated heterocycles. The maximum Gasteiger partial charge on any atom is 0.435 e. The van der Waals surface area contributed by atoms with Crippen molar-refractivity contribution >= 4 is 11.6 Å². The number of carbonyl (C=O) groups excluding carboxylic acids is 1. The second-order valence-corrected chi connectivity index (χ2v) is 9.56. The van der Waals surface area contributed by atoms with Crippen LogP contribution in [0.2, 0.25) is 0 Å². The summed E-state index contributed by atoms with van der Waals surface area (Å²) < 4.78 is 53.9. The van der Waals surface area contributed by atoms with Crippen molar-refractivity contribution in [1.82, 2.24) is 14.7 Å². The van der Waals surface area contributed by atoms with Crippen LogP contribution in [0.15, 0.2) is 42.5 Å². The van der Waals surface area contributed by atoms with Gasteiger partial charge in [-0.05, 0) is 49.1 Å². The van der Waals surface area contributed by atoms with Gasteiger partial charge in [0.15, 0.2) is 17.2 Å². The minimum atomic E-state index is -4.55. The molecule has 0 spiro atoms. The molecule has 3 heterocycles. The number of anilines is 1. The smallest absolute Gasteiger partial charge is 0.435 e. The van der Waals surface area contributed by atoms with Gasteiger partial charge in [0.05, 0.1) is 11.4 Å². The molecular weight excluding hydrogens is 473 g/mol. The van der Waals surface area contributed by atoms with Crippen molar-refractivity contribution in [3.05, 3.63) is 65.0 Å². The van der Waals surface area contributed by atoms with Crippen LogP contribution >= 0.6 is 0 Å². The zero-order valence-corrected chi connectivity index (χ0v) is 19.7. The van der Waals surface area contributed by atoms with E-state index in [4.69, 9.17) is 9.47 Å². The first-order valence-corrected chi connectivity index (χ1v) is 12.0. The summed E-state index contributed by atoms with van der Waals surface area (Å²) in [6.07, 6.45) is -1.78. The number of hydrogen-bond donors (Lipinski definition) is 0.